The molecule has 0 aromatic heterocycles. The maximum absolute atomic E-state index is 12.3. The zero-order valence-corrected chi connectivity index (χ0v) is 15.6. The monoisotopic (exact) mass is 358 g/mol. The molecule has 1 saturated heterocycles. The molecule has 0 radical (unpaired) electrons. The number of rotatable bonds is 5. The topological polar surface area (TPSA) is 32.3 Å². The van der Waals surface area contributed by atoms with E-state index in [1.54, 1.807) is 0 Å². The van der Waals surface area contributed by atoms with E-state index in [0.717, 1.165) is 44.5 Å². The first-order valence-electron chi connectivity index (χ1n) is 9.84. The molecule has 1 N–H and O–H groups in total. The van der Waals surface area contributed by atoms with Crippen molar-refractivity contribution in [3.05, 3.63) is 83.9 Å². The molecule has 1 amide bonds. The van der Waals surface area contributed by atoms with Crippen LogP contribution < -0.4 is 5.32 Å². The minimum atomic E-state index is 0.0461. The normalized spacial score (nSPS) is 15.7. The van der Waals surface area contributed by atoms with E-state index in [1.165, 1.54) is 16.3 Å². The molecule has 3 heteroatoms. The highest BCUT2D eigenvalue weighted by Gasteiger charge is 2.21. The highest BCUT2D eigenvalue weighted by molar-refractivity contribution is 5.94. The smallest absolute Gasteiger partial charge is 0.251 e. The molecule has 138 valence electrons. The summed E-state index contributed by atoms with van der Waals surface area (Å²) in [6, 6.07) is 25.0. The van der Waals surface area contributed by atoms with Gasteiger partial charge in [-0.05, 0) is 47.7 Å². The summed E-state index contributed by atoms with van der Waals surface area (Å²) in [7, 11) is 0. The number of piperidine rings is 1. The zero-order valence-electron chi connectivity index (χ0n) is 15.6. The molecule has 1 heterocycles. The zero-order chi connectivity index (χ0) is 18.5. The number of hydrogen-bond acceptors (Lipinski definition) is 2. The number of carbonyl (C=O) groups is 1. The number of nitrogens with zero attached hydrogens (tertiary/aromatic N) is 1. The summed E-state index contributed by atoms with van der Waals surface area (Å²) >= 11 is 0. The Bertz CT molecular complexity index is 893. The molecule has 3 aromatic carbocycles. The lowest BCUT2D eigenvalue weighted by atomic mass is 10.0. The van der Waals surface area contributed by atoms with Gasteiger partial charge >= 0.3 is 0 Å². The third-order valence-electron chi connectivity index (χ3n) is 5.54. The van der Waals surface area contributed by atoms with Gasteiger partial charge in [0.2, 0.25) is 0 Å². The van der Waals surface area contributed by atoms with E-state index in [-0.39, 0.29) is 11.9 Å². The van der Waals surface area contributed by atoms with Crippen LogP contribution in [0.3, 0.4) is 0 Å². The second-order valence-electron chi connectivity index (χ2n) is 7.34. The van der Waals surface area contributed by atoms with Gasteiger partial charge < -0.3 is 10.2 Å². The summed E-state index contributed by atoms with van der Waals surface area (Å²) in [6.45, 7) is 3.17. The number of likely N-dealkylation sites (tertiary alicyclic amines) is 1. The molecule has 3 nitrogen and oxygen atoms in total. The van der Waals surface area contributed by atoms with Crippen molar-refractivity contribution in [1.29, 1.82) is 0 Å². The fourth-order valence-corrected chi connectivity index (χ4v) is 3.95. The van der Waals surface area contributed by atoms with Crippen molar-refractivity contribution in [3.8, 4) is 0 Å². The molecular formula is C24H26N2O. The van der Waals surface area contributed by atoms with Crippen molar-refractivity contribution in [2.75, 3.05) is 19.6 Å². The van der Waals surface area contributed by atoms with Crippen LogP contribution in [0, 0.1) is 0 Å². The number of benzene rings is 3. The molecule has 1 aliphatic rings. The summed E-state index contributed by atoms with van der Waals surface area (Å²) in [4.78, 5) is 14.8. The number of amides is 1. The molecule has 1 fully saturated rings. The Morgan fingerprint density at radius 3 is 2.41 bits per heavy atom. The van der Waals surface area contributed by atoms with E-state index in [4.69, 9.17) is 0 Å². The van der Waals surface area contributed by atoms with E-state index in [1.807, 2.05) is 30.3 Å². The van der Waals surface area contributed by atoms with Gasteiger partial charge in [-0.2, -0.15) is 0 Å². The lowest BCUT2D eigenvalue weighted by molar-refractivity contribution is 0.0911. The summed E-state index contributed by atoms with van der Waals surface area (Å²) in [5.41, 5.74) is 2.17. The minimum Gasteiger partial charge on any atom is -0.349 e. The van der Waals surface area contributed by atoms with Crippen LogP contribution in [-0.2, 0) is 6.42 Å². The molecule has 0 unspecified atom stereocenters. The third-order valence-corrected chi connectivity index (χ3v) is 5.54. The van der Waals surface area contributed by atoms with Gasteiger partial charge in [-0.3, -0.25) is 4.79 Å². The first kappa shape index (κ1) is 17.7. The predicted molar refractivity (Wildman–Crippen MR) is 111 cm³/mol. The lowest BCUT2D eigenvalue weighted by Gasteiger charge is -2.32. The van der Waals surface area contributed by atoms with Gasteiger partial charge in [0.25, 0.3) is 5.91 Å². The van der Waals surface area contributed by atoms with Gasteiger partial charge in [0.05, 0.1) is 0 Å². The molecule has 3 aromatic rings. The van der Waals surface area contributed by atoms with Gasteiger partial charge in [0.15, 0.2) is 0 Å². The fraction of sp³-hybridized carbons (Fsp3) is 0.292. The van der Waals surface area contributed by atoms with Crippen molar-refractivity contribution in [2.45, 2.75) is 25.3 Å². The maximum Gasteiger partial charge on any atom is 0.251 e. The van der Waals surface area contributed by atoms with Crippen molar-refractivity contribution in [1.82, 2.24) is 10.2 Å². The Hall–Kier alpha value is -2.65. The average Bonchev–Trinajstić information content (AvgIpc) is 2.74. The van der Waals surface area contributed by atoms with Crippen LogP contribution >= 0.6 is 0 Å². The van der Waals surface area contributed by atoms with Crippen LogP contribution in [-0.4, -0.2) is 36.5 Å². The molecule has 27 heavy (non-hydrogen) atoms. The quantitative estimate of drug-likeness (QED) is 0.738. The fourth-order valence-electron chi connectivity index (χ4n) is 3.95. The van der Waals surface area contributed by atoms with Gasteiger partial charge in [0.1, 0.15) is 0 Å². The average molecular weight is 358 g/mol. The van der Waals surface area contributed by atoms with Crippen LogP contribution in [0.4, 0.5) is 0 Å². The second kappa shape index (κ2) is 8.36. The van der Waals surface area contributed by atoms with Crippen LogP contribution in [0.15, 0.2) is 72.8 Å². The van der Waals surface area contributed by atoms with Crippen LogP contribution in [0.1, 0.15) is 28.8 Å². The SMILES string of the molecule is O=C(NC1CCN(CCc2cccc3ccccc23)CC1)c1ccccc1. The Morgan fingerprint density at radius 1 is 0.889 bits per heavy atom. The highest BCUT2D eigenvalue weighted by Crippen LogP contribution is 2.20. The van der Waals surface area contributed by atoms with Crippen molar-refractivity contribution in [3.63, 3.8) is 0 Å². The van der Waals surface area contributed by atoms with Gasteiger partial charge in [-0.15, -0.1) is 0 Å². The standard InChI is InChI=1S/C24H26N2O/c27-24(21-8-2-1-3-9-21)25-22-14-17-26(18-15-22)16-13-20-11-6-10-19-7-4-5-12-23(19)20/h1-12,22H,13-18H2,(H,25,27). The summed E-state index contributed by atoms with van der Waals surface area (Å²) in [6.07, 6.45) is 3.12. The number of hydrogen-bond donors (Lipinski definition) is 1. The van der Waals surface area contributed by atoms with Crippen molar-refractivity contribution in [2.24, 2.45) is 0 Å². The van der Waals surface area contributed by atoms with Crippen LogP contribution in [0.5, 0.6) is 0 Å². The van der Waals surface area contributed by atoms with E-state index >= 15 is 0 Å². The van der Waals surface area contributed by atoms with E-state index in [2.05, 4.69) is 52.7 Å². The molecule has 0 atom stereocenters. The third kappa shape index (κ3) is 4.37. The number of nitrogens with one attached hydrogen (secondary N) is 1. The van der Waals surface area contributed by atoms with Gasteiger partial charge in [-0.1, -0.05) is 60.7 Å². The number of carbonyl (C=O) groups excluding carboxylic acids is 1. The van der Waals surface area contributed by atoms with Crippen molar-refractivity contribution >= 4 is 16.7 Å². The minimum absolute atomic E-state index is 0.0461. The first-order valence-corrected chi connectivity index (χ1v) is 9.84. The highest BCUT2D eigenvalue weighted by atomic mass is 16.1. The summed E-state index contributed by atoms with van der Waals surface area (Å²) in [5, 5.41) is 5.87. The molecule has 4 rings (SSSR count). The Labute approximate surface area is 161 Å². The molecule has 0 spiro atoms. The summed E-state index contributed by atoms with van der Waals surface area (Å²) in [5.74, 6) is 0.0461. The molecule has 1 aliphatic heterocycles. The first-order chi connectivity index (χ1) is 13.3. The van der Waals surface area contributed by atoms with E-state index < -0.39 is 0 Å². The molecule has 0 saturated carbocycles. The maximum atomic E-state index is 12.3. The Kier molecular flexibility index (Phi) is 5.50. The van der Waals surface area contributed by atoms with E-state index in [9.17, 15) is 4.79 Å². The Morgan fingerprint density at radius 2 is 1.59 bits per heavy atom. The molecule has 0 bridgehead atoms. The lowest BCUT2D eigenvalue weighted by Crippen LogP contribution is -2.45. The molecule has 0 aliphatic carbocycles. The van der Waals surface area contributed by atoms with Crippen molar-refractivity contribution < 1.29 is 4.79 Å². The summed E-state index contributed by atoms with van der Waals surface area (Å²) < 4.78 is 0. The number of fused-ring (bicyclic) bond motifs is 1. The largest absolute Gasteiger partial charge is 0.349 e. The van der Waals surface area contributed by atoms with Gasteiger partial charge in [0, 0.05) is 31.2 Å². The molecular weight excluding hydrogens is 332 g/mol. The van der Waals surface area contributed by atoms with Crippen LogP contribution in [0.25, 0.3) is 10.8 Å². The van der Waals surface area contributed by atoms with Crippen LogP contribution in [0.2, 0.25) is 0 Å². The second-order valence-corrected chi connectivity index (χ2v) is 7.34. The van der Waals surface area contributed by atoms with Gasteiger partial charge in [-0.25, -0.2) is 0 Å². The Balaban J connectivity index is 1.28. The predicted octanol–water partition coefficient (Wildman–Crippen LogP) is 4.28. The van der Waals surface area contributed by atoms with E-state index in [0.29, 0.717) is 0 Å².